The zero-order valence-corrected chi connectivity index (χ0v) is 8.37. The maximum absolute atomic E-state index is 10.2. The third kappa shape index (κ3) is 4.08. The molecule has 1 aromatic carbocycles. The van der Waals surface area contributed by atoms with Gasteiger partial charge in [-0.15, -0.1) is 0 Å². The van der Waals surface area contributed by atoms with Crippen LogP contribution in [0.3, 0.4) is 0 Å². The number of rotatable bonds is 1. The molecule has 78 valence electrons. The number of aromatic carboxylic acids is 1. The Morgan fingerprint density at radius 3 is 2.27 bits per heavy atom. The SMILES string of the molecule is Cn1ccnc1.O=C(O)c1ccccc1. The summed E-state index contributed by atoms with van der Waals surface area (Å²) in [6, 6.07) is 8.30. The number of hydrogen-bond donors (Lipinski definition) is 1. The van der Waals surface area contributed by atoms with Gasteiger partial charge in [0.15, 0.2) is 0 Å². The van der Waals surface area contributed by atoms with Crippen molar-refractivity contribution in [1.29, 1.82) is 0 Å². The van der Waals surface area contributed by atoms with Gasteiger partial charge in [0, 0.05) is 19.4 Å². The Bertz CT molecular complexity index is 396. The Morgan fingerprint density at radius 1 is 1.33 bits per heavy atom. The molecule has 4 heteroatoms. The summed E-state index contributed by atoms with van der Waals surface area (Å²) >= 11 is 0. The Balaban J connectivity index is 0.000000162. The van der Waals surface area contributed by atoms with Crippen LogP contribution in [0.25, 0.3) is 0 Å². The minimum absolute atomic E-state index is 0.331. The molecule has 0 spiro atoms. The largest absolute Gasteiger partial charge is 0.478 e. The molecule has 0 aliphatic carbocycles. The van der Waals surface area contributed by atoms with Crippen LogP contribution in [-0.2, 0) is 7.05 Å². The third-order valence-corrected chi connectivity index (χ3v) is 1.66. The summed E-state index contributed by atoms with van der Waals surface area (Å²) in [7, 11) is 1.94. The first-order chi connectivity index (χ1) is 7.20. The fourth-order valence-electron chi connectivity index (χ4n) is 0.907. The van der Waals surface area contributed by atoms with E-state index >= 15 is 0 Å². The normalized spacial score (nSPS) is 8.87. The first-order valence-corrected chi connectivity index (χ1v) is 4.40. The number of hydrogen-bond acceptors (Lipinski definition) is 2. The van der Waals surface area contributed by atoms with Crippen LogP contribution in [-0.4, -0.2) is 20.6 Å². The van der Waals surface area contributed by atoms with E-state index in [1.165, 1.54) is 0 Å². The summed E-state index contributed by atoms with van der Waals surface area (Å²) in [5, 5.41) is 8.38. The zero-order chi connectivity index (χ0) is 11.1. The van der Waals surface area contributed by atoms with Gasteiger partial charge in [0.1, 0.15) is 0 Å². The van der Waals surface area contributed by atoms with Crippen LogP contribution in [0.4, 0.5) is 0 Å². The van der Waals surface area contributed by atoms with Crippen molar-refractivity contribution in [2.45, 2.75) is 0 Å². The molecule has 0 saturated carbocycles. The molecule has 0 fully saturated rings. The number of aryl methyl sites for hydroxylation is 1. The molecule has 0 amide bonds. The molecule has 0 aliphatic heterocycles. The quantitative estimate of drug-likeness (QED) is 0.770. The van der Waals surface area contributed by atoms with Crippen LogP contribution in [0.5, 0.6) is 0 Å². The lowest BCUT2D eigenvalue weighted by Crippen LogP contribution is -1.93. The highest BCUT2D eigenvalue weighted by atomic mass is 16.4. The van der Waals surface area contributed by atoms with Crippen molar-refractivity contribution in [2.75, 3.05) is 0 Å². The molecule has 2 aromatic rings. The Kier molecular flexibility index (Phi) is 4.09. The Hall–Kier alpha value is -2.10. The lowest BCUT2D eigenvalue weighted by Gasteiger charge is -1.88. The predicted octanol–water partition coefficient (Wildman–Crippen LogP) is 1.80. The van der Waals surface area contributed by atoms with E-state index in [2.05, 4.69) is 4.98 Å². The topological polar surface area (TPSA) is 55.1 Å². The number of nitrogens with zero attached hydrogens (tertiary/aromatic N) is 2. The molecule has 4 nitrogen and oxygen atoms in total. The summed E-state index contributed by atoms with van der Waals surface area (Å²) < 4.78 is 1.89. The van der Waals surface area contributed by atoms with Crippen molar-refractivity contribution in [2.24, 2.45) is 7.05 Å². The van der Waals surface area contributed by atoms with Crippen LogP contribution < -0.4 is 0 Å². The summed E-state index contributed by atoms with van der Waals surface area (Å²) in [6.07, 6.45) is 5.39. The minimum Gasteiger partial charge on any atom is -0.478 e. The van der Waals surface area contributed by atoms with E-state index in [1.54, 1.807) is 42.9 Å². The standard InChI is InChI=1S/C7H6O2.C4H6N2/c8-7(9)6-4-2-1-3-5-6;1-6-3-2-5-4-6/h1-5H,(H,8,9);2-4H,1H3. The van der Waals surface area contributed by atoms with E-state index in [4.69, 9.17) is 5.11 Å². The fourth-order valence-corrected chi connectivity index (χ4v) is 0.907. The molecule has 0 aliphatic rings. The first kappa shape index (κ1) is 11.0. The average molecular weight is 204 g/mol. The van der Waals surface area contributed by atoms with E-state index in [0.29, 0.717) is 5.56 Å². The highest BCUT2D eigenvalue weighted by Gasteiger charge is 1.96. The van der Waals surface area contributed by atoms with Crippen molar-refractivity contribution >= 4 is 5.97 Å². The molecular formula is C11H12N2O2. The lowest BCUT2D eigenvalue weighted by atomic mass is 10.2. The molecule has 0 unspecified atom stereocenters. The van der Waals surface area contributed by atoms with Crippen molar-refractivity contribution in [3.8, 4) is 0 Å². The van der Waals surface area contributed by atoms with Crippen LogP contribution in [0.2, 0.25) is 0 Å². The molecule has 1 heterocycles. The molecule has 0 bridgehead atoms. The number of benzene rings is 1. The monoisotopic (exact) mass is 204 g/mol. The van der Waals surface area contributed by atoms with Gasteiger partial charge in [-0.3, -0.25) is 0 Å². The fraction of sp³-hybridized carbons (Fsp3) is 0.0909. The smallest absolute Gasteiger partial charge is 0.335 e. The van der Waals surface area contributed by atoms with E-state index in [-0.39, 0.29) is 0 Å². The van der Waals surface area contributed by atoms with Gasteiger partial charge in [-0.25, -0.2) is 9.78 Å². The molecule has 0 atom stereocenters. The van der Waals surface area contributed by atoms with E-state index in [1.807, 2.05) is 17.8 Å². The van der Waals surface area contributed by atoms with E-state index in [0.717, 1.165) is 0 Å². The Morgan fingerprint density at radius 2 is 2.00 bits per heavy atom. The molecular weight excluding hydrogens is 192 g/mol. The summed E-state index contributed by atoms with van der Waals surface area (Å²) in [4.78, 5) is 14.0. The summed E-state index contributed by atoms with van der Waals surface area (Å²) in [5.74, 6) is -0.879. The average Bonchev–Trinajstić information content (AvgIpc) is 2.71. The van der Waals surface area contributed by atoms with Crippen LogP contribution in [0.1, 0.15) is 10.4 Å². The highest BCUT2D eigenvalue weighted by molar-refractivity contribution is 5.87. The van der Waals surface area contributed by atoms with Crippen molar-refractivity contribution in [3.05, 3.63) is 54.6 Å². The van der Waals surface area contributed by atoms with Crippen molar-refractivity contribution in [3.63, 3.8) is 0 Å². The molecule has 0 saturated heterocycles. The molecule has 1 aromatic heterocycles. The van der Waals surface area contributed by atoms with Gasteiger partial charge in [0.05, 0.1) is 11.9 Å². The van der Waals surface area contributed by atoms with E-state index in [9.17, 15) is 4.79 Å². The maximum Gasteiger partial charge on any atom is 0.335 e. The zero-order valence-electron chi connectivity index (χ0n) is 8.37. The summed E-state index contributed by atoms with van der Waals surface area (Å²) in [6.45, 7) is 0. The maximum atomic E-state index is 10.2. The van der Waals surface area contributed by atoms with Crippen molar-refractivity contribution in [1.82, 2.24) is 9.55 Å². The second-order valence-electron chi connectivity index (χ2n) is 2.90. The van der Waals surface area contributed by atoms with Crippen molar-refractivity contribution < 1.29 is 9.90 Å². The summed E-state index contributed by atoms with van der Waals surface area (Å²) in [5.41, 5.74) is 0.331. The molecule has 1 N–H and O–H groups in total. The lowest BCUT2D eigenvalue weighted by molar-refractivity contribution is 0.0697. The second-order valence-corrected chi connectivity index (χ2v) is 2.90. The van der Waals surface area contributed by atoms with Gasteiger partial charge in [0.2, 0.25) is 0 Å². The predicted molar refractivity (Wildman–Crippen MR) is 56.6 cm³/mol. The first-order valence-electron chi connectivity index (χ1n) is 4.40. The van der Waals surface area contributed by atoms with Crippen LogP contribution in [0, 0.1) is 0 Å². The van der Waals surface area contributed by atoms with E-state index < -0.39 is 5.97 Å². The van der Waals surface area contributed by atoms with Gasteiger partial charge in [-0.05, 0) is 12.1 Å². The molecule has 15 heavy (non-hydrogen) atoms. The third-order valence-electron chi connectivity index (χ3n) is 1.66. The van der Waals surface area contributed by atoms with Crippen LogP contribution in [0.15, 0.2) is 49.1 Å². The number of imidazole rings is 1. The van der Waals surface area contributed by atoms with Gasteiger partial charge in [-0.1, -0.05) is 18.2 Å². The minimum atomic E-state index is -0.879. The second kappa shape index (κ2) is 5.59. The Labute approximate surface area is 87.8 Å². The van der Waals surface area contributed by atoms with Crippen LogP contribution >= 0.6 is 0 Å². The van der Waals surface area contributed by atoms with Gasteiger partial charge in [0.25, 0.3) is 0 Å². The number of carboxylic acid groups (broad SMARTS) is 1. The van der Waals surface area contributed by atoms with Gasteiger partial charge in [-0.2, -0.15) is 0 Å². The molecule has 0 radical (unpaired) electrons. The van der Waals surface area contributed by atoms with Gasteiger partial charge >= 0.3 is 5.97 Å². The number of carboxylic acids is 1. The van der Waals surface area contributed by atoms with Gasteiger partial charge < -0.3 is 9.67 Å². The number of carbonyl (C=O) groups is 1. The highest BCUT2D eigenvalue weighted by Crippen LogP contribution is 1.96. The molecule has 2 rings (SSSR count). The number of aromatic nitrogens is 2.